The molecule has 2 amide bonds. The maximum atomic E-state index is 13.2. The first kappa shape index (κ1) is 19.8. The Morgan fingerprint density at radius 3 is 2.37 bits per heavy atom. The summed E-state index contributed by atoms with van der Waals surface area (Å²) >= 11 is 5.28. The monoisotopic (exact) mass is 416 g/mol. The number of anilines is 1. The van der Waals surface area contributed by atoms with E-state index in [0.29, 0.717) is 5.69 Å². The van der Waals surface area contributed by atoms with Crippen LogP contribution in [0.3, 0.4) is 0 Å². The fourth-order valence-electron chi connectivity index (χ4n) is 3.53. The zero-order valence-electron chi connectivity index (χ0n) is 16.6. The average Bonchev–Trinajstić information content (AvgIpc) is 2.77. The highest BCUT2D eigenvalue weighted by Gasteiger charge is 2.34. The number of hydrogen-bond acceptors (Lipinski definition) is 4. The highest BCUT2D eigenvalue weighted by molar-refractivity contribution is 7.80. The van der Waals surface area contributed by atoms with Gasteiger partial charge in [-0.15, -0.1) is 0 Å². The molecule has 0 saturated carbocycles. The predicted octanol–water partition coefficient (Wildman–Crippen LogP) is 4.24. The lowest BCUT2D eigenvalue weighted by Gasteiger charge is -2.29. The van der Waals surface area contributed by atoms with Crippen LogP contribution in [0.5, 0.6) is 5.75 Å². The Labute approximate surface area is 179 Å². The minimum Gasteiger partial charge on any atom is -0.496 e. The third-order valence-corrected chi connectivity index (χ3v) is 5.43. The SMILES string of the molecule is CCc1ccc(N2C(=O)/C(=C/c3ccc(OC)c4ccccc34)C(=O)NC2=S)cc1. The van der Waals surface area contributed by atoms with Crippen molar-refractivity contribution in [1.29, 1.82) is 0 Å². The van der Waals surface area contributed by atoms with Crippen LogP contribution in [0.15, 0.2) is 66.2 Å². The summed E-state index contributed by atoms with van der Waals surface area (Å²) in [5, 5.41) is 4.50. The summed E-state index contributed by atoms with van der Waals surface area (Å²) in [6.45, 7) is 2.06. The molecule has 0 aliphatic carbocycles. The molecular weight excluding hydrogens is 396 g/mol. The van der Waals surface area contributed by atoms with Gasteiger partial charge in [0.05, 0.1) is 12.8 Å². The number of amides is 2. The smallest absolute Gasteiger partial charge is 0.270 e. The van der Waals surface area contributed by atoms with E-state index in [4.69, 9.17) is 17.0 Å². The molecule has 150 valence electrons. The highest BCUT2D eigenvalue weighted by atomic mass is 32.1. The zero-order valence-corrected chi connectivity index (χ0v) is 17.5. The maximum absolute atomic E-state index is 13.2. The second kappa shape index (κ2) is 8.08. The molecule has 0 radical (unpaired) electrons. The molecule has 0 unspecified atom stereocenters. The Morgan fingerprint density at radius 1 is 1.00 bits per heavy atom. The first-order chi connectivity index (χ1) is 14.5. The van der Waals surface area contributed by atoms with Gasteiger partial charge in [0, 0.05) is 5.39 Å². The van der Waals surface area contributed by atoms with Gasteiger partial charge in [0.1, 0.15) is 11.3 Å². The number of carbonyl (C=O) groups excluding carboxylic acids is 2. The second-order valence-corrected chi connectivity index (χ2v) is 7.27. The standard InChI is InChI=1S/C24H20N2O3S/c1-3-15-8-11-17(12-9-15)26-23(28)20(22(27)25-24(26)30)14-16-10-13-21(29-2)19-7-5-4-6-18(16)19/h4-14H,3H2,1-2H3,(H,25,27,30)/b20-14+. The lowest BCUT2D eigenvalue weighted by molar-refractivity contribution is -0.122. The lowest BCUT2D eigenvalue weighted by atomic mass is 10.00. The Hall–Kier alpha value is -3.51. The molecule has 1 fully saturated rings. The van der Waals surface area contributed by atoms with Gasteiger partial charge in [0.15, 0.2) is 5.11 Å². The Kier molecular flexibility index (Phi) is 5.33. The minimum atomic E-state index is -0.508. The summed E-state index contributed by atoms with van der Waals surface area (Å²) in [7, 11) is 1.61. The predicted molar refractivity (Wildman–Crippen MR) is 123 cm³/mol. The molecular formula is C24H20N2O3S. The molecule has 4 rings (SSSR count). The Bertz CT molecular complexity index is 1200. The van der Waals surface area contributed by atoms with Crippen LogP contribution in [0.2, 0.25) is 0 Å². The minimum absolute atomic E-state index is 0.0264. The number of rotatable bonds is 4. The molecule has 0 spiro atoms. The van der Waals surface area contributed by atoms with Crippen molar-refractivity contribution in [2.75, 3.05) is 12.0 Å². The van der Waals surface area contributed by atoms with Crippen LogP contribution in [0.25, 0.3) is 16.8 Å². The van der Waals surface area contributed by atoms with Crippen molar-refractivity contribution in [2.45, 2.75) is 13.3 Å². The number of nitrogens with one attached hydrogen (secondary N) is 1. The average molecular weight is 417 g/mol. The van der Waals surface area contributed by atoms with E-state index in [9.17, 15) is 9.59 Å². The largest absolute Gasteiger partial charge is 0.496 e. The summed E-state index contributed by atoms with van der Waals surface area (Å²) in [5.41, 5.74) is 2.55. The number of methoxy groups -OCH3 is 1. The molecule has 1 aliphatic rings. The second-order valence-electron chi connectivity index (χ2n) is 6.88. The number of carbonyl (C=O) groups is 2. The van der Waals surface area contributed by atoms with E-state index in [1.54, 1.807) is 13.2 Å². The summed E-state index contributed by atoms with van der Waals surface area (Å²) in [4.78, 5) is 27.2. The number of thiocarbonyl (C=S) groups is 1. The number of hydrogen-bond donors (Lipinski definition) is 1. The highest BCUT2D eigenvalue weighted by Crippen LogP contribution is 2.30. The quantitative estimate of drug-likeness (QED) is 0.393. The van der Waals surface area contributed by atoms with Crippen LogP contribution < -0.4 is 15.0 Å². The van der Waals surface area contributed by atoms with Gasteiger partial charge in [-0.05, 0) is 59.4 Å². The molecule has 0 bridgehead atoms. The van der Waals surface area contributed by atoms with E-state index in [-0.39, 0.29) is 10.7 Å². The molecule has 1 aliphatic heterocycles. The molecule has 1 N–H and O–H groups in total. The third kappa shape index (κ3) is 3.46. The van der Waals surface area contributed by atoms with E-state index < -0.39 is 11.8 Å². The molecule has 0 aromatic heterocycles. The van der Waals surface area contributed by atoms with Crippen LogP contribution in [0.1, 0.15) is 18.1 Å². The van der Waals surface area contributed by atoms with E-state index in [1.165, 1.54) is 4.90 Å². The van der Waals surface area contributed by atoms with Gasteiger partial charge in [-0.1, -0.05) is 49.4 Å². The van der Waals surface area contributed by atoms with Gasteiger partial charge in [-0.3, -0.25) is 19.8 Å². The van der Waals surface area contributed by atoms with Crippen molar-refractivity contribution in [1.82, 2.24) is 5.32 Å². The van der Waals surface area contributed by atoms with Crippen LogP contribution in [-0.2, 0) is 16.0 Å². The van der Waals surface area contributed by atoms with E-state index in [0.717, 1.165) is 34.1 Å². The van der Waals surface area contributed by atoms with Crippen LogP contribution in [0, 0.1) is 0 Å². The van der Waals surface area contributed by atoms with Crippen molar-refractivity contribution < 1.29 is 14.3 Å². The molecule has 1 saturated heterocycles. The maximum Gasteiger partial charge on any atom is 0.270 e. The van der Waals surface area contributed by atoms with Crippen LogP contribution in [-0.4, -0.2) is 24.0 Å². The molecule has 3 aromatic carbocycles. The Balaban J connectivity index is 1.79. The van der Waals surface area contributed by atoms with Gasteiger partial charge in [-0.25, -0.2) is 0 Å². The lowest BCUT2D eigenvalue weighted by Crippen LogP contribution is -2.54. The number of ether oxygens (including phenoxy) is 1. The molecule has 1 heterocycles. The molecule has 5 nitrogen and oxygen atoms in total. The fraction of sp³-hybridized carbons (Fsp3) is 0.125. The molecule has 3 aromatic rings. The van der Waals surface area contributed by atoms with Gasteiger partial charge in [0.2, 0.25) is 0 Å². The van der Waals surface area contributed by atoms with Crippen molar-refractivity contribution in [3.63, 3.8) is 0 Å². The van der Waals surface area contributed by atoms with E-state index in [1.807, 2.05) is 60.7 Å². The van der Waals surface area contributed by atoms with Crippen molar-refractivity contribution in [3.05, 3.63) is 77.4 Å². The summed E-state index contributed by atoms with van der Waals surface area (Å²) in [5.74, 6) is -0.231. The Morgan fingerprint density at radius 2 is 1.70 bits per heavy atom. The van der Waals surface area contributed by atoms with Crippen molar-refractivity contribution in [3.8, 4) is 5.75 Å². The third-order valence-electron chi connectivity index (χ3n) is 5.14. The fourth-order valence-corrected chi connectivity index (χ4v) is 3.81. The number of fused-ring (bicyclic) bond motifs is 1. The van der Waals surface area contributed by atoms with E-state index >= 15 is 0 Å². The van der Waals surface area contributed by atoms with Gasteiger partial charge in [-0.2, -0.15) is 0 Å². The van der Waals surface area contributed by atoms with Gasteiger partial charge >= 0.3 is 0 Å². The van der Waals surface area contributed by atoms with Crippen LogP contribution in [0.4, 0.5) is 5.69 Å². The van der Waals surface area contributed by atoms with Crippen molar-refractivity contribution in [2.24, 2.45) is 0 Å². The van der Waals surface area contributed by atoms with Gasteiger partial charge in [0.25, 0.3) is 11.8 Å². The first-order valence-electron chi connectivity index (χ1n) is 9.59. The van der Waals surface area contributed by atoms with Gasteiger partial charge < -0.3 is 4.74 Å². The topological polar surface area (TPSA) is 58.6 Å². The summed E-state index contributed by atoms with van der Waals surface area (Å²) in [6, 6.07) is 18.9. The molecule has 30 heavy (non-hydrogen) atoms. The summed E-state index contributed by atoms with van der Waals surface area (Å²) in [6.07, 6.45) is 2.50. The molecule has 0 atom stereocenters. The van der Waals surface area contributed by atoms with Crippen molar-refractivity contribution >= 4 is 51.7 Å². The number of aryl methyl sites for hydroxylation is 1. The number of nitrogens with zero attached hydrogens (tertiary/aromatic N) is 1. The van der Waals surface area contributed by atoms with E-state index in [2.05, 4.69) is 12.2 Å². The zero-order chi connectivity index (χ0) is 21.3. The summed E-state index contributed by atoms with van der Waals surface area (Å²) < 4.78 is 5.43. The first-order valence-corrected chi connectivity index (χ1v) is 10.0. The molecule has 6 heteroatoms. The number of benzene rings is 3. The van der Waals surface area contributed by atoms with Crippen LogP contribution >= 0.6 is 12.2 Å². The normalized spacial score (nSPS) is 15.6.